The zero-order valence-electron chi connectivity index (χ0n) is 12.4. The Kier molecular flexibility index (Phi) is 5.97. The molecule has 132 valence electrons. The van der Waals surface area contributed by atoms with E-state index in [0.717, 1.165) is 12.1 Å². The summed E-state index contributed by atoms with van der Waals surface area (Å²) in [6.07, 6.45) is -0.516. The van der Waals surface area contributed by atoms with Crippen LogP contribution in [0.4, 0.5) is 23.2 Å². The predicted octanol–water partition coefficient (Wildman–Crippen LogP) is 3.62. The number of benzene rings is 2. The van der Waals surface area contributed by atoms with Crippen LogP contribution in [0.25, 0.3) is 0 Å². The fraction of sp³-hybridized carbons (Fsp3) is 0.125. The molecule has 0 radical (unpaired) electrons. The van der Waals surface area contributed by atoms with Gasteiger partial charge in [-0.25, -0.2) is 17.6 Å². The van der Waals surface area contributed by atoms with Crippen molar-refractivity contribution < 1.29 is 31.9 Å². The minimum absolute atomic E-state index is 0.0188. The molecule has 0 aliphatic rings. The number of hydrogen-bond donors (Lipinski definition) is 1. The predicted molar refractivity (Wildman–Crippen MR) is 81.0 cm³/mol. The Balaban J connectivity index is 1.92. The van der Waals surface area contributed by atoms with Crippen LogP contribution in [0.2, 0.25) is 5.02 Å². The van der Waals surface area contributed by atoms with E-state index in [0.29, 0.717) is 6.07 Å². The van der Waals surface area contributed by atoms with E-state index in [1.807, 2.05) is 5.32 Å². The summed E-state index contributed by atoms with van der Waals surface area (Å²) in [5, 5.41) is 1.94. The van der Waals surface area contributed by atoms with Gasteiger partial charge in [0.15, 0.2) is 24.1 Å². The van der Waals surface area contributed by atoms with Gasteiger partial charge in [-0.2, -0.15) is 0 Å². The zero-order valence-corrected chi connectivity index (χ0v) is 13.2. The summed E-state index contributed by atoms with van der Waals surface area (Å²) < 4.78 is 57.4. The number of anilines is 1. The Morgan fingerprint density at radius 1 is 1.00 bits per heavy atom. The van der Waals surface area contributed by atoms with Gasteiger partial charge in [0.1, 0.15) is 5.82 Å². The van der Waals surface area contributed by atoms with Gasteiger partial charge in [0.25, 0.3) is 5.91 Å². The molecule has 1 amide bonds. The van der Waals surface area contributed by atoms with Gasteiger partial charge in [-0.05, 0) is 24.3 Å². The van der Waals surface area contributed by atoms with Crippen molar-refractivity contribution >= 4 is 29.2 Å². The standard InChI is InChI=1S/C16H10ClF4NO3/c17-9-2-1-3-10(18)8(9)6-14(24)25-7-13(23)22-12-5-4-11(19)15(20)16(12)21/h1-5H,6-7H2,(H,22,23). The van der Waals surface area contributed by atoms with Gasteiger partial charge in [0, 0.05) is 10.6 Å². The van der Waals surface area contributed by atoms with Crippen molar-refractivity contribution in [2.75, 3.05) is 11.9 Å². The molecular formula is C16H10ClF4NO3. The average Bonchev–Trinajstić information content (AvgIpc) is 2.57. The van der Waals surface area contributed by atoms with Crippen molar-refractivity contribution in [1.82, 2.24) is 0 Å². The van der Waals surface area contributed by atoms with Crippen LogP contribution in [-0.2, 0) is 20.7 Å². The highest BCUT2D eigenvalue weighted by atomic mass is 35.5. The van der Waals surface area contributed by atoms with Crippen molar-refractivity contribution in [1.29, 1.82) is 0 Å². The molecule has 2 rings (SSSR count). The molecule has 0 saturated heterocycles. The number of halogens is 5. The zero-order chi connectivity index (χ0) is 18.6. The van der Waals surface area contributed by atoms with Crippen LogP contribution in [0.5, 0.6) is 0 Å². The highest BCUT2D eigenvalue weighted by Gasteiger charge is 2.17. The molecule has 0 bridgehead atoms. The highest BCUT2D eigenvalue weighted by Crippen LogP contribution is 2.20. The van der Waals surface area contributed by atoms with Crippen molar-refractivity contribution in [3.05, 3.63) is 64.2 Å². The minimum Gasteiger partial charge on any atom is -0.455 e. The molecule has 9 heteroatoms. The molecule has 0 fully saturated rings. The van der Waals surface area contributed by atoms with Crippen LogP contribution in [-0.4, -0.2) is 18.5 Å². The summed E-state index contributed by atoms with van der Waals surface area (Å²) in [6, 6.07) is 5.28. The molecule has 0 heterocycles. The first kappa shape index (κ1) is 18.7. The maximum Gasteiger partial charge on any atom is 0.310 e. The summed E-state index contributed by atoms with van der Waals surface area (Å²) >= 11 is 5.75. The first-order valence-electron chi connectivity index (χ1n) is 6.81. The Labute approximate surface area is 144 Å². The van der Waals surface area contributed by atoms with Crippen molar-refractivity contribution in [2.45, 2.75) is 6.42 Å². The molecule has 25 heavy (non-hydrogen) atoms. The SMILES string of the molecule is O=C(COC(=O)Cc1c(F)cccc1Cl)Nc1ccc(F)c(F)c1F. The number of esters is 1. The summed E-state index contributed by atoms with van der Waals surface area (Å²) in [4.78, 5) is 23.2. The topological polar surface area (TPSA) is 55.4 Å². The molecule has 0 aliphatic heterocycles. The van der Waals surface area contributed by atoms with E-state index in [1.165, 1.54) is 12.1 Å². The molecular weight excluding hydrogens is 366 g/mol. The Hall–Kier alpha value is -2.61. The minimum atomic E-state index is -1.75. The maximum atomic E-state index is 13.5. The largest absolute Gasteiger partial charge is 0.455 e. The third kappa shape index (κ3) is 4.69. The second-order valence-electron chi connectivity index (χ2n) is 4.81. The quantitative estimate of drug-likeness (QED) is 0.493. The van der Waals surface area contributed by atoms with Gasteiger partial charge >= 0.3 is 5.97 Å². The normalized spacial score (nSPS) is 10.4. The maximum absolute atomic E-state index is 13.5. The summed E-state index contributed by atoms with van der Waals surface area (Å²) in [5.41, 5.74) is -0.710. The van der Waals surface area contributed by atoms with Gasteiger partial charge < -0.3 is 10.1 Å². The highest BCUT2D eigenvalue weighted by molar-refractivity contribution is 6.31. The number of carbonyl (C=O) groups excluding carboxylic acids is 2. The smallest absolute Gasteiger partial charge is 0.310 e. The van der Waals surface area contributed by atoms with E-state index in [1.54, 1.807) is 0 Å². The Bertz CT molecular complexity index is 809. The number of ether oxygens (including phenoxy) is 1. The lowest BCUT2D eigenvalue weighted by Gasteiger charge is -2.09. The van der Waals surface area contributed by atoms with E-state index in [-0.39, 0.29) is 10.6 Å². The fourth-order valence-electron chi connectivity index (χ4n) is 1.85. The lowest BCUT2D eigenvalue weighted by molar-refractivity contribution is -0.146. The molecule has 1 N–H and O–H groups in total. The van der Waals surface area contributed by atoms with E-state index in [2.05, 4.69) is 4.74 Å². The van der Waals surface area contributed by atoms with Crippen molar-refractivity contribution in [3.8, 4) is 0 Å². The number of rotatable bonds is 5. The van der Waals surface area contributed by atoms with E-state index in [4.69, 9.17) is 11.6 Å². The van der Waals surface area contributed by atoms with Crippen LogP contribution in [0.3, 0.4) is 0 Å². The Morgan fingerprint density at radius 3 is 2.40 bits per heavy atom. The molecule has 0 aromatic heterocycles. The van der Waals surface area contributed by atoms with Crippen molar-refractivity contribution in [3.63, 3.8) is 0 Å². The van der Waals surface area contributed by atoms with Crippen LogP contribution < -0.4 is 5.32 Å². The van der Waals surface area contributed by atoms with Crippen LogP contribution in [0.15, 0.2) is 30.3 Å². The summed E-state index contributed by atoms with van der Waals surface area (Å²) in [7, 11) is 0. The molecule has 0 spiro atoms. The summed E-state index contributed by atoms with van der Waals surface area (Å²) in [6.45, 7) is -0.830. The number of nitrogens with one attached hydrogen (secondary N) is 1. The molecule has 0 aliphatic carbocycles. The first-order valence-corrected chi connectivity index (χ1v) is 7.19. The third-order valence-corrected chi connectivity index (χ3v) is 3.41. The molecule has 0 saturated carbocycles. The fourth-order valence-corrected chi connectivity index (χ4v) is 2.08. The number of amides is 1. The average molecular weight is 376 g/mol. The van der Waals surface area contributed by atoms with Crippen LogP contribution >= 0.6 is 11.6 Å². The number of hydrogen-bond acceptors (Lipinski definition) is 3. The number of carbonyl (C=O) groups is 2. The van der Waals surface area contributed by atoms with E-state index >= 15 is 0 Å². The van der Waals surface area contributed by atoms with Gasteiger partial charge in [0.05, 0.1) is 12.1 Å². The lowest BCUT2D eigenvalue weighted by Crippen LogP contribution is -2.22. The Morgan fingerprint density at radius 2 is 1.72 bits per heavy atom. The van der Waals surface area contributed by atoms with Gasteiger partial charge in [0.2, 0.25) is 0 Å². The molecule has 2 aromatic carbocycles. The van der Waals surface area contributed by atoms with Crippen LogP contribution in [0.1, 0.15) is 5.56 Å². The van der Waals surface area contributed by atoms with E-state index < -0.39 is 53.9 Å². The van der Waals surface area contributed by atoms with Crippen LogP contribution in [0, 0.1) is 23.3 Å². The first-order chi connectivity index (χ1) is 11.8. The second-order valence-corrected chi connectivity index (χ2v) is 5.22. The molecule has 0 unspecified atom stereocenters. The van der Waals surface area contributed by atoms with Crippen molar-refractivity contribution in [2.24, 2.45) is 0 Å². The van der Waals surface area contributed by atoms with Gasteiger partial charge in [-0.3, -0.25) is 9.59 Å². The lowest BCUT2D eigenvalue weighted by atomic mass is 10.1. The monoisotopic (exact) mass is 375 g/mol. The molecule has 0 atom stereocenters. The van der Waals surface area contributed by atoms with Gasteiger partial charge in [-0.15, -0.1) is 0 Å². The van der Waals surface area contributed by atoms with Gasteiger partial charge in [-0.1, -0.05) is 17.7 Å². The van der Waals surface area contributed by atoms with E-state index in [9.17, 15) is 27.2 Å². The third-order valence-electron chi connectivity index (χ3n) is 3.06. The summed E-state index contributed by atoms with van der Waals surface area (Å²) in [5.74, 6) is -7.39. The molecule has 4 nitrogen and oxygen atoms in total. The second kappa shape index (κ2) is 7.98. The molecule has 2 aromatic rings.